The molecule has 0 saturated heterocycles. The number of para-hydroxylation sites is 1. The number of pyridine rings is 1. The molecule has 0 aliphatic carbocycles. The molecular weight excluding hydrogens is 264 g/mol. The van der Waals surface area contributed by atoms with Gasteiger partial charge in [-0.15, -0.1) is 0 Å². The molecule has 1 aromatic heterocycles. The van der Waals surface area contributed by atoms with Gasteiger partial charge in [-0.25, -0.2) is 0 Å². The molecule has 0 aliphatic rings. The molecule has 5 nitrogen and oxygen atoms in total. The quantitative estimate of drug-likeness (QED) is 0.391. The molecule has 5 heteroatoms. The van der Waals surface area contributed by atoms with Crippen LogP contribution in [0.15, 0.2) is 41.6 Å². The van der Waals surface area contributed by atoms with Crippen molar-refractivity contribution in [1.29, 1.82) is 0 Å². The van der Waals surface area contributed by atoms with Crippen LogP contribution in [0.25, 0.3) is 0 Å². The van der Waals surface area contributed by atoms with E-state index in [-0.39, 0.29) is 5.84 Å². The zero-order valence-electron chi connectivity index (χ0n) is 12.5. The standard InChI is InChI=1S/C16H20N4O/c1-11-6-4-9-14(16(17)19-21)15(11)20(3)10-13-8-5-7-12(2)18-13/h4-9,21H,10H2,1-3H3,(H2,17,19). The first-order valence-electron chi connectivity index (χ1n) is 6.74. The summed E-state index contributed by atoms with van der Waals surface area (Å²) in [5.41, 5.74) is 10.5. The van der Waals surface area contributed by atoms with E-state index in [1.54, 1.807) is 0 Å². The van der Waals surface area contributed by atoms with Crippen LogP contribution in [0.2, 0.25) is 0 Å². The first kappa shape index (κ1) is 14.8. The molecule has 0 saturated carbocycles. The van der Waals surface area contributed by atoms with Crippen molar-refractivity contribution in [3.05, 3.63) is 58.9 Å². The van der Waals surface area contributed by atoms with Crippen LogP contribution in [0, 0.1) is 13.8 Å². The van der Waals surface area contributed by atoms with Crippen molar-refractivity contribution < 1.29 is 5.21 Å². The van der Waals surface area contributed by atoms with E-state index in [0.29, 0.717) is 12.1 Å². The summed E-state index contributed by atoms with van der Waals surface area (Å²) in [6.07, 6.45) is 0. The lowest BCUT2D eigenvalue weighted by Crippen LogP contribution is -2.24. The molecule has 2 aromatic rings. The molecule has 21 heavy (non-hydrogen) atoms. The van der Waals surface area contributed by atoms with Crippen molar-refractivity contribution in [1.82, 2.24) is 4.98 Å². The summed E-state index contributed by atoms with van der Waals surface area (Å²) in [6.45, 7) is 4.63. The number of nitrogens with zero attached hydrogens (tertiary/aromatic N) is 3. The maximum absolute atomic E-state index is 8.94. The monoisotopic (exact) mass is 284 g/mol. The van der Waals surface area contributed by atoms with Crippen molar-refractivity contribution >= 4 is 11.5 Å². The summed E-state index contributed by atoms with van der Waals surface area (Å²) >= 11 is 0. The van der Waals surface area contributed by atoms with Gasteiger partial charge in [0, 0.05) is 18.3 Å². The number of anilines is 1. The molecule has 1 aromatic carbocycles. The summed E-state index contributed by atoms with van der Waals surface area (Å²) in [5, 5.41) is 12.1. The first-order chi connectivity index (χ1) is 10.0. The van der Waals surface area contributed by atoms with Gasteiger partial charge in [0.2, 0.25) is 0 Å². The van der Waals surface area contributed by atoms with E-state index < -0.39 is 0 Å². The van der Waals surface area contributed by atoms with E-state index in [1.165, 1.54) is 0 Å². The number of hydrogen-bond donors (Lipinski definition) is 2. The first-order valence-corrected chi connectivity index (χ1v) is 6.74. The highest BCUT2D eigenvalue weighted by Crippen LogP contribution is 2.25. The molecular formula is C16H20N4O. The average molecular weight is 284 g/mol. The van der Waals surface area contributed by atoms with Gasteiger partial charge in [-0.05, 0) is 37.6 Å². The van der Waals surface area contributed by atoms with Gasteiger partial charge in [0.25, 0.3) is 0 Å². The van der Waals surface area contributed by atoms with Crippen LogP contribution in [0.5, 0.6) is 0 Å². The lowest BCUT2D eigenvalue weighted by atomic mass is 10.1. The molecule has 0 bridgehead atoms. The smallest absolute Gasteiger partial charge is 0.172 e. The van der Waals surface area contributed by atoms with E-state index >= 15 is 0 Å². The van der Waals surface area contributed by atoms with Crippen LogP contribution >= 0.6 is 0 Å². The van der Waals surface area contributed by atoms with Crippen molar-refractivity contribution in [3.8, 4) is 0 Å². The Bertz CT molecular complexity index is 667. The molecule has 110 valence electrons. The Morgan fingerprint density at radius 2 is 1.95 bits per heavy atom. The Morgan fingerprint density at radius 3 is 2.62 bits per heavy atom. The van der Waals surface area contributed by atoms with Gasteiger partial charge in [-0.1, -0.05) is 23.4 Å². The molecule has 1 heterocycles. The van der Waals surface area contributed by atoms with E-state index in [1.807, 2.05) is 57.3 Å². The largest absolute Gasteiger partial charge is 0.409 e. The topological polar surface area (TPSA) is 74.7 Å². The van der Waals surface area contributed by atoms with E-state index in [0.717, 1.165) is 22.6 Å². The number of hydrogen-bond acceptors (Lipinski definition) is 4. The number of benzene rings is 1. The van der Waals surface area contributed by atoms with Gasteiger partial charge in [-0.3, -0.25) is 4.98 Å². The third-order valence-electron chi connectivity index (χ3n) is 3.35. The lowest BCUT2D eigenvalue weighted by molar-refractivity contribution is 0.318. The van der Waals surface area contributed by atoms with Crippen molar-refractivity contribution in [3.63, 3.8) is 0 Å². The Balaban J connectivity index is 2.37. The Hall–Kier alpha value is -2.56. The molecule has 2 rings (SSSR count). The van der Waals surface area contributed by atoms with Gasteiger partial charge in [0.1, 0.15) is 0 Å². The van der Waals surface area contributed by atoms with Crippen molar-refractivity contribution in [2.45, 2.75) is 20.4 Å². The summed E-state index contributed by atoms with van der Waals surface area (Å²) in [6, 6.07) is 11.7. The maximum atomic E-state index is 8.94. The Kier molecular flexibility index (Phi) is 4.42. The highest BCUT2D eigenvalue weighted by atomic mass is 16.4. The number of rotatable bonds is 4. The second kappa shape index (κ2) is 6.26. The summed E-state index contributed by atoms with van der Waals surface area (Å²) in [4.78, 5) is 6.57. The van der Waals surface area contributed by atoms with Crippen LogP contribution in [0.1, 0.15) is 22.5 Å². The fraction of sp³-hybridized carbons (Fsp3) is 0.250. The molecule has 0 radical (unpaired) electrons. The zero-order chi connectivity index (χ0) is 15.4. The fourth-order valence-electron chi connectivity index (χ4n) is 2.44. The van der Waals surface area contributed by atoms with Gasteiger partial charge in [0.15, 0.2) is 5.84 Å². The van der Waals surface area contributed by atoms with Crippen LogP contribution in [-0.2, 0) is 6.54 Å². The predicted octanol–water partition coefficient (Wildman–Crippen LogP) is 2.43. The number of oxime groups is 1. The zero-order valence-corrected chi connectivity index (χ0v) is 12.5. The highest BCUT2D eigenvalue weighted by Gasteiger charge is 2.14. The van der Waals surface area contributed by atoms with E-state index in [2.05, 4.69) is 15.0 Å². The molecule has 0 unspecified atom stereocenters. The van der Waals surface area contributed by atoms with Crippen molar-refractivity contribution in [2.24, 2.45) is 10.9 Å². The van der Waals surface area contributed by atoms with Crippen LogP contribution in [0.4, 0.5) is 5.69 Å². The molecule has 3 N–H and O–H groups in total. The second-order valence-corrected chi connectivity index (χ2v) is 5.08. The molecule has 0 atom stereocenters. The van der Waals surface area contributed by atoms with Crippen molar-refractivity contribution in [2.75, 3.05) is 11.9 Å². The van der Waals surface area contributed by atoms with Gasteiger partial charge < -0.3 is 15.8 Å². The van der Waals surface area contributed by atoms with E-state index in [4.69, 9.17) is 10.9 Å². The van der Waals surface area contributed by atoms with Crippen LogP contribution < -0.4 is 10.6 Å². The number of aryl methyl sites for hydroxylation is 2. The molecule has 0 spiro atoms. The number of aromatic nitrogens is 1. The number of nitrogens with two attached hydrogens (primary N) is 1. The molecule has 0 aliphatic heterocycles. The van der Waals surface area contributed by atoms with E-state index in [9.17, 15) is 0 Å². The van der Waals surface area contributed by atoms with Crippen LogP contribution in [-0.4, -0.2) is 23.1 Å². The maximum Gasteiger partial charge on any atom is 0.172 e. The minimum Gasteiger partial charge on any atom is -0.409 e. The third kappa shape index (κ3) is 3.31. The number of amidine groups is 1. The highest BCUT2D eigenvalue weighted by molar-refractivity contribution is 6.02. The molecule has 0 amide bonds. The van der Waals surface area contributed by atoms with Gasteiger partial charge in [0.05, 0.1) is 17.9 Å². The van der Waals surface area contributed by atoms with Gasteiger partial charge >= 0.3 is 0 Å². The fourth-order valence-corrected chi connectivity index (χ4v) is 2.44. The summed E-state index contributed by atoms with van der Waals surface area (Å²) in [5.74, 6) is 0.109. The minimum atomic E-state index is 0.109. The lowest BCUT2D eigenvalue weighted by Gasteiger charge is -2.24. The molecule has 0 fully saturated rings. The van der Waals surface area contributed by atoms with Gasteiger partial charge in [-0.2, -0.15) is 0 Å². The SMILES string of the molecule is Cc1cccc(CN(C)c2c(C)cccc2/C(N)=N/O)n1. The third-order valence-corrected chi connectivity index (χ3v) is 3.35. The second-order valence-electron chi connectivity index (χ2n) is 5.08. The minimum absolute atomic E-state index is 0.109. The Labute approximate surface area is 124 Å². The van der Waals surface area contributed by atoms with Crippen LogP contribution in [0.3, 0.4) is 0 Å². The summed E-state index contributed by atoms with van der Waals surface area (Å²) in [7, 11) is 1.97. The summed E-state index contributed by atoms with van der Waals surface area (Å²) < 4.78 is 0. The normalized spacial score (nSPS) is 11.5. The predicted molar refractivity (Wildman–Crippen MR) is 84.8 cm³/mol. The average Bonchev–Trinajstić information content (AvgIpc) is 2.46. The Morgan fingerprint density at radius 1 is 1.24 bits per heavy atom.